The molecule has 71 heavy (non-hydrogen) atoms. The molecule has 2 unspecified atom stereocenters. The second-order valence-corrected chi connectivity index (χ2v) is 16.5. The Labute approximate surface area is 397 Å². The minimum absolute atomic E-state index is 0.0106. The standard InChI is InChI=1S/C43H38N8O20/c1-43(2)70-36-32(46-47-44)33(68-42(36)71-43)29(64-38(53)23-13-25(48(55)56)17-26(14-23)49(57)58)19-45-31-34-30(20-63-40(67-34)22-11-7-4-8-12-22)65-41(69-37(52)21-9-5-3-6-10-21)35(31)66-39(54)24-15-27(50(59)60)18-28(16-24)51(61)62/h3-18,29-36,40-42,45H,19-20H2,1-2H3/t29?,30-,31-,32+,33-,34-,35+,36-,40?,41-,42-/m1/s1. The number of nitro benzene ring substituents is 4. The fraction of sp³-hybridized carbons (Fsp3) is 0.372. The van der Waals surface area contributed by atoms with Crippen molar-refractivity contribution >= 4 is 40.7 Å². The number of carbonyl (C=O) groups is 3. The van der Waals surface area contributed by atoms with Gasteiger partial charge in [-0.3, -0.25) is 40.5 Å². The molecular weight excluding hydrogens is 949 g/mol. The normalized spacial score (nSPS) is 26.6. The lowest BCUT2D eigenvalue weighted by molar-refractivity contribution is -0.394. The average molecular weight is 987 g/mol. The van der Waals surface area contributed by atoms with E-state index in [1.165, 1.54) is 24.3 Å². The van der Waals surface area contributed by atoms with E-state index in [0.717, 1.165) is 24.3 Å². The number of ether oxygens (including phenoxy) is 9. The molecule has 28 heteroatoms. The van der Waals surface area contributed by atoms with Crippen LogP contribution in [0.4, 0.5) is 22.7 Å². The summed E-state index contributed by atoms with van der Waals surface area (Å²) >= 11 is 0. The zero-order valence-electron chi connectivity index (χ0n) is 36.8. The molecule has 4 aliphatic rings. The van der Waals surface area contributed by atoms with Gasteiger partial charge in [-0.1, -0.05) is 53.6 Å². The van der Waals surface area contributed by atoms with Gasteiger partial charge in [-0.05, 0) is 31.5 Å². The maximum atomic E-state index is 14.2. The van der Waals surface area contributed by atoms with E-state index in [9.17, 15) is 60.4 Å². The molecule has 28 nitrogen and oxygen atoms in total. The molecule has 0 aromatic heterocycles. The smallest absolute Gasteiger partial charge is 0.340 e. The van der Waals surface area contributed by atoms with Crippen molar-refractivity contribution in [2.45, 2.75) is 87.2 Å². The molecule has 0 aliphatic carbocycles. The number of benzene rings is 4. The highest BCUT2D eigenvalue weighted by Gasteiger charge is 2.58. The fourth-order valence-corrected chi connectivity index (χ4v) is 8.31. The molecule has 0 radical (unpaired) electrons. The SMILES string of the molecule is CC1(C)O[C@H]2O[C@H](C(CN[C@H]3[C@H](OC(=O)c4cc([N+](=O)[O-])cc([N+](=O)[O-])c4)[C@@H](OC(=O)c4ccccc4)O[C@@H]4COC(c5ccccc5)O[C@@H]34)OC(=O)c3cc([N+](=O)[O-])cc([N+](=O)[O-])c3)[C@H](N=[N+]=[N-])[C@H]2O1. The van der Waals surface area contributed by atoms with Crippen molar-refractivity contribution in [3.63, 3.8) is 0 Å². The van der Waals surface area contributed by atoms with Gasteiger partial charge in [0.15, 0.2) is 24.5 Å². The Balaban J connectivity index is 1.22. The van der Waals surface area contributed by atoms with Gasteiger partial charge in [0.25, 0.3) is 22.7 Å². The lowest BCUT2D eigenvalue weighted by atomic mass is 9.93. The third-order valence-corrected chi connectivity index (χ3v) is 11.4. The predicted molar refractivity (Wildman–Crippen MR) is 232 cm³/mol. The van der Waals surface area contributed by atoms with Gasteiger partial charge in [0.1, 0.15) is 30.5 Å². The summed E-state index contributed by atoms with van der Waals surface area (Å²) in [4.78, 5) is 88.4. The van der Waals surface area contributed by atoms with E-state index in [2.05, 4.69) is 15.3 Å². The maximum Gasteiger partial charge on any atom is 0.340 e. The minimum Gasteiger partial charge on any atom is -0.455 e. The number of nitrogens with zero attached hydrogens (tertiary/aromatic N) is 7. The Hall–Kier alpha value is -8.08. The van der Waals surface area contributed by atoms with Crippen LogP contribution < -0.4 is 5.32 Å². The lowest BCUT2D eigenvalue weighted by Crippen LogP contribution is -2.68. The van der Waals surface area contributed by atoms with Gasteiger partial charge < -0.3 is 47.9 Å². The number of azide groups is 1. The van der Waals surface area contributed by atoms with Crippen LogP contribution in [-0.4, -0.2) is 118 Å². The van der Waals surface area contributed by atoms with Gasteiger partial charge in [0.05, 0.1) is 67.2 Å². The molecule has 1 N–H and O–H groups in total. The van der Waals surface area contributed by atoms with Gasteiger partial charge in [0, 0.05) is 41.3 Å². The molecule has 0 spiro atoms. The fourth-order valence-electron chi connectivity index (χ4n) is 8.31. The second-order valence-electron chi connectivity index (χ2n) is 16.5. The summed E-state index contributed by atoms with van der Waals surface area (Å²) in [5.74, 6) is -5.03. The molecule has 4 fully saturated rings. The zero-order chi connectivity index (χ0) is 50.7. The molecule has 0 saturated carbocycles. The van der Waals surface area contributed by atoms with Crippen LogP contribution >= 0.6 is 0 Å². The summed E-state index contributed by atoms with van der Waals surface area (Å²) < 4.78 is 54.5. The summed E-state index contributed by atoms with van der Waals surface area (Å²) in [7, 11) is 0. The first-order valence-corrected chi connectivity index (χ1v) is 21.2. The number of hydrogen-bond acceptors (Lipinski definition) is 22. The molecule has 4 heterocycles. The summed E-state index contributed by atoms with van der Waals surface area (Å²) in [5.41, 5.74) is 5.53. The van der Waals surface area contributed by atoms with Crippen LogP contribution in [0.25, 0.3) is 10.4 Å². The van der Waals surface area contributed by atoms with Crippen LogP contribution in [0.2, 0.25) is 0 Å². The Bertz CT molecular complexity index is 2730. The van der Waals surface area contributed by atoms with E-state index in [0.29, 0.717) is 17.7 Å². The van der Waals surface area contributed by atoms with Crippen LogP contribution in [0.5, 0.6) is 0 Å². The van der Waals surface area contributed by atoms with Crippen LogP contribution in [0.15, 0.2) is 102 Å². The largest absolute Gasteiger partial charge is 0.455 e. The van der Waals surface area contributed by atoms with E-state index in [1.807, 2.05) is 0 Å². The highest BCUT2D eigenvalue weighted by molar-refractivity contribution is 5.92. The van der Waals surface area contributed by atoms with Crippen molar-refractivity contribution in [1.82, 2.24) is 5.32 Å². The molecule has 4 aromatic rings. The molecule has 4 aromatic carbocycles. The van der Waals surface area contributed by atoms with Crippen LogP contribution in [-0.2, 0) is 42.6 Å². The third-order valence-electron chi connectivity index (χ3n) is 11.4. The van der Waals surface area contributed by atoms with Gasteiger partial charge in [-0.25, -0.2) is 14.4 Å². The van der Waals surface area contributed by atoms with Gasteiger partial charge in [-0.2, -0.15) is 0 Å². The lowest BCUT2D eigenvalue weighted by Gasteiger charge is -2.49. The molecular formula is C43H38N8O20. The van der Waals surface area contributed by atoms with Crippen molar-refractivity contribution in [1.29, 1.82) is 0 Å². The third kappa shape index (κ3) is 10.9. The molecule has 4 saturated heterocycles. The van der Waals surface area contributed by atoms with Gasteiger partial charge in [-0.15, -0.1) is 0 Å². The van der Waals surface area contributed by atoms with Crippen molar-refractivity contribution in [2.24, 2.45) is 5.11 Å². The minimum atomic E-state index is -1.90. The Kier molecular flexibility index (Phi) is 14.2. The molecule has 4 aliphatic heterocycles. The summed E-state index contributed by atoms with van der Waals surface area (Å²) in [5, 5.41) is 54.3. The predicted octanol–water partition coefficient (Wildman–Crippen LogP) is 5.28. The number of non-ortho nitro benzene ring substituents is 4. The van der Waals surface area contributed by atoms with E-state index in [-0.39, 0.29) is 12.2 Å². The van der Waals surface area contributed by atoms with E-state index in [1.54, 1.807) is 50.2 Å². The summed E-state index contributed by atoms with van der Waals surface area (Å²) in [6.45, 7) is 2.20. The number of nitrogens with one attached hydrogen (secondary N) is 1. The van der Waals surface area contributed by atoms with Crippen molar-refractivity contribution < 1.29 is 76.7 Å². The van der Waals surface area contributed by atoms with Gasteiger partial charge >= 0.3 is 17.9 Å². The quantitative estimate of drug-likeness (QED) is 0.0284. The number of esters is 3. The van der Waals surface area contributed by atoms with Crippen molar-refractivity contribution in [3.05, 3.63) is 170 Å². The molecule has 370 valence electrons. The second kappa shape index (κ2) is 20.5. The molecule has 0 bridgehead atoms. The summed E-state index contributed by atoms with van der Waals surface area (Å²) in [6.07, 6.45) is -12.9. The van der Waals surface area contributed by atoms with Crippen LogP contribution in [0, 0.1) is 40.5 Å². The molecule has 0 amide bonds. The average Bonchev–Trinajstić information content (AvgIpc) is 3.84. The Morgan fingerprint density at radius 2 is 1.28 bits per heavy atom. The number of hydrogen-bond donors (Lipinski definition) is 1. The van der Waals surface area contributed by atoms with Crippen LogP contribution in [0.1, 0.15) is 56.8 Å². The molecule has 11 atom stereocenters. The number of fused-ring (bicyclic) bond motifs is 2. The maximum absolute atomic E-state index is 14.2. The number of rotatable bonds is 16. The van der Waals surface area contributed by atoms with Crippen molar-refractivity contribution in [2.75, 3.05) is 13.2 Å². The highest BCUT2D eigenvalue weighted by atomic mass is 16.8. The number of nitro groups is 4. The Morgan fingerprint density at radius 1 is 0.732 bits per heavy atom. The van der Waals surface area contributed by atoms with Crippen LogP contribution in [0.3, 0.4) is 0 Å². The first kappa shape index (κ1) is 49.3. The summed E-state index contributed by atoms with van der Waals surface area (Å²) in [6, 6.07) is 17.3. The topological polar surface area (TPSA) is 368 Å². The number of carbonyl (C=O) groups excluding carboxylic acids is 3. The highest BCUT2D eigenvalue weighted by Crippen LogP contribution is 2.42. The first-order valence-electron chi connectivity index (χ1n) is 21.2. The Morgan fingerprint density at radius 3 is 1.85 bits per heavy atom. The first-order chi connectivity index (χ1) is 33.9. The van der Waals surface area contributed by atoms with E-state index in [4.69, 9.17) is 42.6 Å². The van der Waals surface area contributed by atoms with Gasteiger partial charge in [0.2, 0.25) is 6.29 Å². The van der Waals surface area contributed by atoms with E-state index >= 15 is 0 Å². The van der Waals surface area contributed by atoms with E-state index < -0.39 is 151 Å². The monoisotopic (exact) mass is 986 g/mol. The molecule has 8 rings (SSSR count). The zero-order valence-corrected chi connectivity index (χ0v) is 36.8. The van der Waals surface area contributed by atoms with Crippen molar-refractivity contribution in [3.8, 4) is 0 Å².